The normalized spacial score (nSPS) is 12.2. The van der Waals surface area contributed by atoms with Crippen molar-refractivity contribution >= 4 is 23.2 Å². The lowest BCUT2D eigenvalue weighted by Gasteiger charge is -2.10. The number of benzene rings is 1. The van der Waals surface area contributed by atoms with Gasteiger partial charge in [-0.3, -0.25) is 4.79 Å². The summed E-state index contributed by atoms with van der Waals surface area (Å²) in [6.45, 7) is 1.75. The van der Waals surface area contributed by atoms with E-state index in [-0.39, 0.29) is 18.0 Å². The Hall–Kier alpha value is -1.26. The van der Waals surface area contributed by atoms with Crippen LogP contribution in [0.1, 0.15) is 17.3 Å². The number of amides is 1. The SMILES string of the molecule is C[C@@H](O)CNC(=O)c1c(N)cccc1Cl. The first-order chi connectivity index (χ1) is 7.02. The Morgan fingerprint density at radius 1 is 1.67 bits per heavy atom. The Balaban J connectivity index is 2.82. The van der Waals surface area contributed by atoms with Crippen LogP contribution in [-0.4, -0.2) is 23.7 Å². The van der Waals surface area contributed by atoms with Crippen LogP contribution in [0.4, 0.5) is 5.69 Å². The second-order valence-corrected chi connectivity index (χ2v) is 3.67. The zero-order valence-corrected chi connectivity index (χ0v) is 9.08. The minimum Gasteiger partial charge on any atom is -0.398 e. The predicted octanol–water partition coefficient (Wildman–Crippen LogP) is 1.03. The Labute approximate surface area is 93.0 Å². The smallest absolute Gasteiger partial charge is 0.254 e. The van der Waals surface area contributed by atoms with E-state index < -0.39 is 6.10 Å². The number of nitrogens with one attached hydrogen (secondary N) is 1. The summed E-state index contributed by atoms with van der Waals surface area (Å²) in [5.41, 5.74) is 6.20. The van der Waals surface area contributed by atoms with Crippen molar-refractivity contribution in [3.8, 4) is 0 Å². The summed E-state index contributed by atoms with van der Waals surface area (Å²) in [5.74, 6) is -0.376. The van der Waals surface area contributed by atoms with Gasteiger partial charge in [0, 0.05) is 12.2 Å². The van der Waals surface area contributed by atoms with Gasteiger partial charge in [0.1, 0.15) is 0 Å². The van der Waals surface area contributed by atoms with E-state index in [1.807, 2.05) is 0 Å². The number of halogens is 1. The van der Waals surface area contributed by atoms with Gasteiger partial charge in [-0.1, -0.05) is 17.7 Å². The number of hydrogen-bond donors (Lipinski definition) is 3. The molecule has 4 N–H and O–H groups in total. The molecule has 0 bridgehead atoms. The topological polar surface area (TPSA) is 75.3 Å². The molecule has 82 valence electrons. The summed E-state index contributed by atoms with van der Waals surface area (Å²) in [5, 5.41) is 11.8. The number of carbonyl (C=O) groups excluding carboxylic acids is 1. The molecule has 1 atom stereocenters. The van der Waals surface area contributed by atoms with Gasteiger partial charge in [-0.15, -0.1) is 0 Å². The first kappa shape index (κ1) is 11.8. The van der Waals surface area contributed by atoms with Crippen LogP contribution in [0.15, 0.2) is 18.2 Å². The minimum atomic E-state index is -0.599. The lowest BCUT2D eigenvalue weighted by molar-refractivity contribution is 0.0925. The van der Waals surface area contributed by atoms with E-state index in [1.165, 1.54) is 0 Å². The molecule has 0 aliphatic rings. The Morgan fingerprint density at radius 3 is 2.87 bits per heavy atom. The molecular formula is C10H13ClN2O2. The van der Waals surface area contributed by atoms with Crippen LogP contribution in [0, 0.1) is 0 Å². The maximum absolute atomic E-state index is 11.6. The molecule has 0 spiro atoms. The third-order valence-corrected chi connectivity index (χ3v) is 2.15. The number of rotatable bonds is 3. The fourth-order valence-corrected chi connectivity index (χ4v) is 1.38. The lowest BCUT2D eigenvalue weighted by Crippen LogP contribution is -2.31. The largest absolute Gasteiger partial charge is 0.398 e. The standard InChI is InChI=1S/C10H13ClN2O2/c1-6(14)5-13-10(15)9-7(11)3-2-4-8(9)12/h2-4,6,14H,5,12H2,1H3,(H,13,15)/t6-/m1/s1. The highest BCUT2D eigenvalue weighted by Crippen LogP contribution is 2.21. The average Bonchev–Trinajstić information content (AvgIpc) is 2.14. The first-order valence-corrected chi connectivity index (χ1v) is 4.90. The first-order valence-electron chi connectivity index (χ1n) is 4.52. The summed E-state index contributed by atoms with van der Waals surface area (Å²) in [7, 11) is 0. The van der Waals surface area contributed by atoms with Gasteiger partial charge in [-0.2, -0.15) is 0 Å². The minimum absolute atomic E-state index is 0.170. The van der Waals surface area contributed by atoms with Gasteiger partial charge in [0.05, 0.1) is 16.7 Å². The molecule has 1 aromatic carbocycles. The monoisotopic (exact) mass is 228 g/mol. The summed E-state index contributed by atoms with van der Waals surface area (Å²) < 4.78 is 0. The summed E-state index contributed by atoms with van der Waals surface area (Å²) in [6, 6.07) is 4.86. The molecule has 0 heterocycles. The molecule has 0 unspecified atom stereocenters. The van der Waals surface area contributed by atoms with Gasteiger partial charge in [0.25, 0.3) is 5.91 Å². The molecule has 1 rings (SSSR count). The van der Waals surface area contributed by atoms with Crippen molar-refractivity contribution in [2.45, 2.75) is 13.0 Å². The number of aliphatic hydroxyl groups excluding tert-OH is 1. The van der Waals surface area contributed by atoms with Crippen LogP contribution in [0.3, 0.4) is 0 Å². The van der Waals surface area contributed by atoms with E-state index in [0.717, 1.165) is 0 Å². The molecule has 0 aromatic heterocycles. The molecule has 15 heavy (non-hydrogen) atoms. The maximum atomic E-state index is 11.6. The third-order valence-electron chi connectivity index (χ3n) is 1.83. The van der Waals surface area contributed by atoms with Crippen molar-refractivity contribution in [1.82, 2.24) is 5.32 Å². The van der Waals surface area contributed by atoms with Crippen LogP contribution >= 0.6 is 11.6 Å². The van der Waals surface area contributed by atoms with Crippen molar-refractivity contribution in [2.24, 2.45) is 0 Å². The van der Waals surface area contributed by atoms with E-state index in [4.69, 9.17) is 22.4 Å². The van der Waals surface area contributed by atoms with Crippen LogP contribution in [0.5, 0.6) is 0 Å². The molecule has 5 heteroatoms. The summed E-state index contributed by atoms with van der Waals surface area (Å²) in [6.07, 6.45) is -0.599. The molecule has 0 saturated heterocycles. The quantitative estimate of drug-likeness (QED) is 0.677. The van der Waals surface area contributed by atoms with Gasteiger partial charge < -0.3 is 16.2 Å². The maximum Gasteiger partial charge on any atom is 0.254 e. The van der Waals surface area contributed by atoms with Crippen molar-refractivity contribution < 1.29 is 9.90 Å². The average molecular weight is 229 g/mol. The van der Waals surface area contributed by atoms with E-state index >= 15 is 0 Å². The molecule has 0 saturated carbocycles. The third kappa shape index (κ3) is 3.11. The van der Waals surface area contributed by atoms with Gasteiger partial charge in [0.2, 0.25) is 0 Å². The van der Waals surface area contributed by atoms with Crippen LogP contribution < -0.4 is 11.1 Å². The van der Waals surface area contributed by atoms with Gasteiger partial charge in [0.15, 0.2) is 0 Å². The Morgan fingerprint density at radius 2 is 2.33 bits per heavy atom. The highest BCUT2D eigenvalue weighted by atomic mass is 35.5. The molecule has 0 aliphatic carbocycles. The van der Waals surface area contributed by atoms with Crippen LogP contribution in [0.2, 0.25) is 5.02 Å². The molecule has 0 fully saturated rings. The van der Waals surface area contributed by atoms with E-state index in [0.29, 0.717) is 10.7 Å². The lowest BCUT2D eigenvalue weighted by atomic mass is 10.1. The molecule has 4 nitrogen and oxygen atoms in total. The van der Waals surface area contributed by atoms with E-state index in [2.05, 4.69) is 5.32 Å². The number of nitrogen functional groups attached to an aromatic ring is 1. The van der Waals surface area contributed by atoms with Crippen molar-refractivity contribution in [3.05, 3.63) is 28.8 Å². The van der Waals surface area contributed by atoms with E-state index in [1.54, 1.807) is 25.1 Å². The van der Waals surface area contributed by atoms with Gasteiger partial charge in [-0.05, 0) is 19.1 Å². The predicted molar refractivity (Wildman–Crippen MR) is 59.9 cm³/mol. The fraction of sp³-hybridized carbons (Fsp3) is 0.300. The molecular weight excluding hydrogens is 216 g/mol. The number of carbonyl (C=O) groups is 1. The summed E-state index contributed by atoms with van der Waals surface area (Å²) >= 11 is 5.84. The highest BCUT2D eigenvalue weighted by Gasteiger charge is 2.13. The number of anilines is 1. The second kappa shape index (κ2) is 5.00. The Kier molecular flexibility index (Phi) is 3.94. The highest BCUT2D eigenvalue weighted by molar-refractivity contribution is 6.34. The second-order valence-electron chi connectivity index (χ2n) is 3.26. The van der Waals surface area contributed by atoms with Crippen molar-refractivity contribution in [3.63, 3.8) is 0 Å². The van der Waals surface area contributed by atoms with Crippen molar-refractivity contribution in [1.29, 1.82) is 0 Å². The van der Waals surface area contributed by atoms with Crippen molar-refractivity contribution in [2.75, 3.05) is 12.3 Å². The number of hydrogen-bond acceptors (Lipinski definition) is 3. The number of nitrogens with two attached hydrogens (primary N) is 1. The zero-order chi connectivity index (χ0) is 11.4. The molecule has 0 aliphatic heterocycles. The molecule has 1 aromatic rings. The van der Waals surface area contributed by atoms with Crippen LogP contribution in [-0.2, 0) is 0 Å². The van der Waals surface area contributed by atoms with Gasteiger partial charge in [-0.25, -0.2) is 0 Å². The fourth-order valence-electron chi connectivity index (χ4n) is 1.11. The Bertz CT molecular complexity index is 346. The van der Waals surface area contributed by atoms with Gasteiger partial charge >= 0.3 is 0 Å². The summed E-state index contributed by atoms with van der Waals surface area (Å²) in [4.78, 5) is 11.6. The van der Waals surface area contributed by atoms with Crippen LogP contribution in [0.25, 0.3) is 0 Å². The molecule has 0 radical (unpaired) electrons. The zero-order valence-electron chi connectivity index (χ0n) is 8.33. The number of aliphatic hydroxyl groups is 1. The van der Waals surface area contributed by atoms with E-state index in [9.17, 15) is 4.79 Å². The molecule has 1 amide bonds.